The fraction of sp³-hybridized carbons (Fsp3) is 0.533. The quantitative estimate of drug-likeness (QED) is 0.876. The van der Waals surface area contributed by atoms with Gasteiger partial charge in [-0.1, -0.05) is 22.9 Å². The molecular weight excluding hydrogens is 302 g/mol. The molecule has 19 heavy (non-hydrogen) atoms. The molecule has 0 fully saturated rings. The summed E-state index contributed by atoms with van der Waals surface area (Å²) in [7, 11) is 0. The number of benzene rings is 1. The van der Waals surface area contributed by atoms with Crippen LogP contribution >= 0.6 is 15.9 Å². The Morgan fingerprint density at radius 2 is 2.21 bits per heavy atom. The van der Waals surface area contributed by atoms with Crippen molar-refractivity contribution in [1.82, 2.24) is 9.55 Å². The largest absolute Gasteiger partial charge is 0.328 e. The number of fused-ring (bicyclic) bond motifs is 1. The molecule has 1 unspecified atom stereocenters. The zero-order chi connectivity index (χ0) is 13.8. The first kappa shape index (κ1) is 14.5. The van der Waals surface area contributed by atoms with Crippen molar-refractivity contribution in [3.63, 3.8) is 0 Å². The van der Waals surface area contributed by atoms with Gasteiger partial charge in [0.05, 0.1) is 11.0 Å². The Balaban J connectivity index is 2.27. The zero-order valence-electron chi connectivity index (χ0n) is 11.7. The number of nitrogens with two attached hydrogens (primary N) is 1. The Hall–Kier alpha value is -0.870. The van der Waals surface area contributed by atoms with Gasteiger partial charge in [0.1, 0.15) is 5.82 Å². The zero-order valence-corrected chi connectivity index (χ0v) is 13.3. The lowest BCUT2D eigenvalue weighted by Crippen LogP contribution is -2.15. The van der Waals surface area contributed by atoms with Crippen LogP contribution in [0.2, 0.25) is 0 Å². The van der Waals surface area contributed by atoms with E-state index in [0.29, 0.717) is 0 Å². The summed E-state index contributed by atoms with van der Waals surface area (Å²) in [4.78, 5) is 4.78. The number of imidazole rings is 1. The van der Waals surface area contributed by atoms with Gasteiger partial charge in [-0.05, 0) is 44.4 Å². The highest BCUT2D eigenvalue weighted by atomic mass is 79.9. The van der Waals surface area contributed by atoms with Crippen molar-refractivity contribution in [1.29, 1.82) is 0 Å². The van der Waals surface area contributed by atoms with Gasteiger partial charge in [-0.25, -0.2) is 4.98 Å². The number of rotatable bonds is 6. The first-order chi connectivity index (χ1) is 9.11. The number of aromatic nitrogens is 2. The second-order valence-corrected chi connectivity index (χ2v) is 6.10. The van der Waals surface area contributed by atoms with Crippen LogP contribution < -0.4 is 5.73 Å². The first-order valence-corrected chi connectivity index (χ1v) is 7.81. The van der Waals surface area contributed by atoms with Crippen LogP contribution in [0.25, 0.3) is 11.0 Å². The normalized spacial score (nSPS) is 13.1. The summed E-state index contributed by atoms with van der Waals surface area (Å²) < 4.78 is 3.44. The summed E-state index contributed by atoms with van der Waals surface area (Å²) in [5.41, 5.74) is 8.13. The summed E-state index contributed by atoms with van der Waals surface area (Å²) in [6, 6.07) is 6.61. The fourth-order valence-electron chi connectivity index (χ4n) is 2.40. The Morgan fingerprint density at radius 1 is 1.42 bits per heavy atom. The molecule has 0 bridgehead atoms. The van der Waals surface area contributed by atoms with Crippen molar-refractivity contribution in [3.05, 3.63) is 28.5 Å². The highest BCUT2D eigenvalue weighted by Gasteiger charge is 2.10. The van der Waals surface area contributed by atoms with Gasteiger partial charge >= 0.3 is 0 Å². The van der Waals surface area contributed by atoms with Crippen molar-refractivity contribution in [2.75, 3.05) is 0 Å². The van der Waals surface area contributed by atoms with Gasteiger partial charge in [-0.3, -0.25) is 0 Å². The summed E-state index contributed by atoms with van der Waals surface area (Å²) in [6.07, 6.45) is 4.29. The number of hydrogen-bond donors (Lipinski definition) is 1. The van der Waals surface area contributed by atoms with E-state index < -0.39 is 0 Å². The van der Waals surface area contributed by atoms with Gasteiger partial charge < -0.3 is 10.3 Å². The van der Waals surface area contributed by atoms with Gasteiger partial charge in [0.15, 0.2) is 0 Å². The van der Waals surface area contributed by atoms with Crippen LogP contribution in [-0.2, 0) is 13.0 Å². The molecule has 0 aliphatic carbocycles. The Kier molecular flexibility index (Phi) is 4.99. The third kappa shape index (κ3) is 3.57. The molecule has 0 aliphatic heterocycles. The van der Waals surface area contributed by atoms with E-state index in [1.807, 2.05) is 0 Å². The predicted molar refractivity (Wildman–Crippen MR) is 84.3 cm³/mol. The lowest BCUT2D eigenvalue weighted by molar-refractivity contribution is 0.587. The molecule has 1 aromatic heterocycles. The van der Waals surface area contributed by atoms with Gasteiger partial charge in [0.25, 0.3) is 0 Å². The van der Waals surface area contributed by atoms with Gasteiger partial charge in [-0.2, -0.15) is 0 Å². The Morgan fingerprint density at radius 3 is 2.89 bits per heavy atom. The van der Waals surface area contributed by atoms with E-state index in [2.05, 4.69) is 52.5 Å². The van der Waals surface area contributed by atoms with Gasteiger partial charge in [0.2, 0.25) is 0 Å². The van der Waals surface area contributed by atoms with Crippen LogP contribution in [0.4, 0.5) is 0 Å². The summed E-state index contributed by atoms with van der Waals surface area (Å²) in [5, 5.41) is 0. The van der Waals surface area contributed by atoms with Crippen LogP contribution in [0, 0.1) is 0 Å². The van der Waals surface area contributed by atoms with Crippen LogP contribution in [0.5, 0.6) is 0 Å². The maximum atomic E-state index is 5.81. The van der Waals surface area contributed by atoms with E-state index >= 15 is 0 Å². The molecule has 2 rings (SSSR count). The molecule has 0 radical (unpaired) electrons. The van der Waals surface area contributed by atoms with E-state index in [4.69, 9.17) is 10.7 Å². The lowest BCUT2D eigenvalue weighted by atomic mass is 10.1. The molecule has 104 valence electrons. The second kappa shape index (κ2) is 6.53. The molecule has 0 amide bonds. The molecular formula is C15H22BrN3. The Labute approximate surface area is 123 Å². The number of aryl methyl sites for hydroxylation is 2. The SMILES string of the molecule is CCCn1c(CCCC(C)N)nc2cc(Br)ccc21. The second-order valence-electron chi connectivity index (χ2n) is 5.18. The summed E-state index contributed by atoms with van der Waals surface area (Å²) in [5.74, 6) is 1.19. The van der Waals surface area contributed by atoms with E-state index in [9.17, 15) is 0 Å². The van der Waals surface area contributed by atoms with E-state index in [0.717, 1.165) is 42.2 Å². The van der Waals surface area contributed by atoms with Crippen molar-refractivity contribution in [2.45, 2.75) is 52.1 Å². The summed E-state index contributed by atoms with van der Waals surface area (Å²) in [6.45, 7) is 5.30. The lowest BCUT2D eigenvalue weighted by Gasteiger charge is -2.08. The number of hydrogen-bond acceptors (Lipinski definition) is 2. The van der Waals surface area contributed by atoms with Crippen LogP contribution in [-0.4, -0.2) is 15.6 Å². The highest BCUT2D eigenvalue weighted by molar-refractivity contribution is 9.10. The maximum Gasteiger partial charge on any atom is 0.109 e. The van der Waals surface area contributed by atoms with Crippen LogP contribution in [0.1, 0.15) is 38.9 Å². The molecule has 4 heteroatoms. The molecule has 1 atom stereocenters. The van der Waals surface area contributed by atoms with E-state index in [1.54, 1.807) is 0 Å². The minimum Gasteiger partial charge on any atom is -0.328 e. The predicted octanol–water partition coefficient (Wildman–Crippen LogP) is 3.88. The topological polar surface area (TPSA) is 43.8 Å². The monoisotopic (exact) mass is 323 g/mol. The molecule has 3 nitrogen and oxygen atoms in total. The standard InChI is InChI=1S/C15H22BrN3/c1-3-9-19-14-8-7-12(16)10-13(14)18-15(19)6-4-5-11(2)17/h7-8,10-11H,3-6,9,17H2,1-2H3. The average Bonchev–Trinajstić information content (AvgIpc) is 2.67. The molecule has 2 aromatic rings. The highest BCUT2D eigenvalue weighted by Crippen LogP contribution is 2.22. The van der Waals surface area contributed by atoms with Crippen molar-refractivity contribution in [2.24, 2.45) is 5.73 Å². The van der Waals surface area contributed by atoms with E-state index in [-0.39, 0.29) is 6.04 Å². The van der Waals surface area contributed by atoms with Crippen molar-refractivity contribution >= 4 is 27.0 Å². The Bertz CT molecular complexity index is 546. The smallest absolute Gasteiger partial charge is 0.109 e. The number of halogens is 1. The fourth-order valence-corrected chi connectivity index (χ4v) is 2.75. The average molecular weight is 324 g/mol. The van der Waals surface area contributed by atoms with Gasteiger partial charge in [0, 0.05) is 23.5 Å². The molecule has 1 aromatic carbocycles. The molecule has 0 aliphatic rings. The summed E-state index contributed by atoms with van der Waals surface area (Å²) >= 11 is 3.51. The third-order valence-electron chi connectivity index (χ3n) is 3.30. The van der Waals surface area contributed by atoms with Crippen molar-refractivity contribution in [3.8, 4) is 0 Å². The molecule has 2 N–H and O–H groups in total. The molecule has 0 saturated carbocycles. The van der Waals surface area contributed by atoms with Crippen molar-refractivity contribution < 1.29 is 0 Å². The van der Waals surface area contributed by atoms with Crippen LogP contribution in [0.15, 0.2) is 22.7 Å². The van der Waals surface area contributed by atoms with Gasteiger partial charge in [-0.15, -0.1) is 0 Å². The number of nitrogens with zero attached hydrogens (tertiary/aromatic N) is 2. The van der Waals surface area contributed by atoms with E-state index in [1.165, 1.54) is 11.3 Å². The molecule has 1 heterocycles. The first-order valence-electron chi connectivity index (χ1n) is 7.02. The minimum atomic E-state index is 0.276. The molecule has 0 saturated heterocycles. The molecule has 0 spiro atoms. The minimum absolute atomic E-state index is 0.276. The van der Waals surface area contributed by atoms with Crippen LogP contribution in [0.3, 0.4) is 0 Å². The third-order valence-corrected chi connectivity index (χ3v) is 3.79. The maximum absolute atomic E-state index is 5.81.